The molecule has 2 fully saturated rings. The average Bonchev–Trinajstić information content (AvgIpc) is 3.06. The monoisotopic (exact) mass is 590 g/mol. The van der Waals surface area contributed by atoms with Gasteiger partial charge >= 0.3 is 12.1 Å². The first-order valence-electron chi connectivity index (χ1n) is 16.4. The molecule has 0 spiro atoms. The van der Waals surface area contributed by atoms with Gasteiger partial charge < -0.3 is 19.4 Å². The summed E-state index contributed by atoms with van der Waals surface area (Å²) in [7, 11) is 0. The van der Waals surface area contributed by atoms with Crippen LogP contribution >= 0.6 is 0 Å². The third-order valence-corrected chi connectivity index (χ3v) is 8.74. The van der Waals surface area contributed by atoms with Gasteiger partial charge in [-0.05, 0) is 43.5 Å². The van der Waals surface area contributed by atoms with Crippen LogP contribution < -0.4 is 4.90 Å². The molecule has 0 aliphatic carbocycles. The van der Waals surface area contributed by atoms with Gasteiger partial charge in [-0.25, -0.2) is 9.59 Å². The maximum absolute atomic E-state index is 14.6. The molecule has 4 amide bonds. The number of hydrogen-bond donors (Lipinski definition) is 0. The van der Waals surface area contributed by atoms with Gasteiger partial charge in [-0.2, -0.15) is 0 Å². The minimum atomic E-state index is -0.191. The van der Waals surface area contributed by atoms with Crippen molar-refractivity contribution in [2.75, 3.05) is 63.9 Å². The van der Waals surface area contributed by atoms with Crippen LogP contribution in [-0.2, 0) is 4.74 Å². The lowest BCUT2D eigenvalue weighted by atomic mass is 9.98. The van der Waals surface area contributed by atoms with Crippen molar-refractivity contribution >= 4 is 23.4 Å². The second-order valence-electron chi connectivity index (χ2n) is 11.7. The Labute approximate surface area is 259 Å². The predicted molar refractivity (Wildman–Crippen MR) is 175 cm³/mol. The van der Waals surface area contributed by atoms with Gasteiger partial charge in [0.2, 0.25) is 0 Å². The number of unbranched alkanes of at least 4 members (excludes halogenated alkanes) is 4. The first-order chi connectivity index (χ1) is 21.1. The van der Waals surface area contributed by atoms with E-state index >= 15 is 0 Å². The van der Waals surface area contributed by atoms with E-state index in [0.717, 1.165) is 76.1 Å². The van der Waals surface area contributed by atoms with Crippen molar-refractivity contribution in [2.45, 2.75) is 70.9 Å². The summed E-state index contributed by atoms with van der Waals surface area (Å²) < 4.78 is 5.67. The molecule has 2 heterocycles. The van der Waals surface area contributed by atoms with Gasteiger partial charge in [-0.3, -0.25) is 9.80 Å². The molecule has 2 saturated heterocycles. The summed E-state index contributed by atoms with van der Waals surface area (Å²) in [6.07, 6.45) is 7.19. The van der Waals surface area contributed by atoms with Crippen LogP contribution in [0.2, 0.25) is 0 Å². The summed E-state index contributed by atoms with van der Waals surface area (Å²) in [5, 5.41) is 0. The molecule has 0 aromatic heterocycles. The van der Waals surface area contributed by atoms with Crippen molar-refractivity contribution in [2.24, 2.45) is 0 Å². The lowest BCUT2D eigenvalue weighted by molar-refractivity contribution is -0.0159. The Hall–Kier alpha value is -3.10. The molecule has 1 radical (unpaired) electrons. The van der Waals surface area contributed by atoms with Gasteiger partial charge in [0.25, 0.3) is 0 Å². The van der Waals surface area contributed by atoms with Gasteiger partial charge in [-0.15, -0.1) is 0 Å². The zero-order chi connectivity index (χ0) is 30.4. The van der Waals surface area contributed by atoms with E-state index in [2.05, 4.69) is 30.6 Å². The minimum absolute atomic E-state index is 0.0190. The van der Waals surface area contributed by atoms with Gasteiger partial charge in [0, 0.05) is 51.9 Å². The predicted octanol–water partition coefficient (Wildman–Crippen LogP) is 6.66. The molecular formula is C35H52N5O3. The SMILES string of the molecule is [CH2]CC([C@@H]1CN(C(=O)N(CCCCC)CCCCC)CCN1C(=O)N(c1ccccc1)c1ccccc1)N1CCOCC1. The molecular weight excluding hydrogens is 538 g/mol. The van der Waals surface area contributed by atoms with Crippen LogP contribution in [0.3, 0.4) is 0 Å². The number of carbonyl (C=O) groups is 2. The summed E-state index contributed by atoms with van der Waals surface area (Å²) in [5.41, 5.74) is 1.65. The van der Waals surface area contributed by atoms with Crippen molar-refractivity contribution in [1.82, 2.24) is 19.6 Å². The first-order valence-corrected chi connectivity index (χ1v) is 16.4. The fourth-order valence-electron chi connectivity index (χ4n) is 6.34. The molecule has 8 nitrogen and oxygen atoms in total. The van der Waals surface area contributed by atoms with Crippen molar-refractivity contribution < 1.29 is 14.3 Å². The van der Waals surface area contributed by atoms with E-state index in [1.54, 1.807) is 0 Å². The summed E-state index contributed by atoms with van der Waals surface area (Å²) in [6, 6.07) is 19.6. The quantitative estimate of drug-likeness (QED) is 0.245. The van der Waals surface area contributed by atoms with Crippen LogP contribution in [0.15, 0.2) is 60.7 Å². The highest BCUT2D eigenvalue weighted by atomic mass is 16.5. The van der Waals surface area contributed by atoms with Crippen molar-refractivity contribution in [3.63, 3.8) is 0 Å². The van der Waals surface area contributed by atoms with Crippen LogP contribution in [0.25, 0.3) is 0 Å². The maximum atomic E-state index is 14.6. The van der Waals surface area contributed by atoms with Crippen LogP contribution in [-0.4, -0.2) is 103 Å². The van der Waals surface area contributed by atoms with Crippen LogP contribution in [0, 0.1) is 6.92 Å². The highest BCUT2D eigenvalue weighted by molar-refractivity contribution is 5.99. The van der Waals surface area contributed by atoms with E-state index in [1.807, 2.05) is 75.4 Å². The summed E-state index contributed by atoms with van der Waals surface area (Å²) in [4.78, 5) is 39.0. The number of piperazine rings is 1. The normalized spacial score (nSPS) is 18.3. The molecule has 43 heavy (non-hydrogen) atoms. The molecule has 4 rings (SSSR count). The van der Waals surface area contributed by atoms with E-state index in [1.165, 1.54) is 0 Å². The first kappa shape index (κ1) is 32.8. The Bertz CT molecular complexity index is 1050. The lowest BCUT2D eigenvalue weighted by Crippen LogP contribution is -2.66. The van der Waals surface area contributed by atoms with E-state index in [-0.39, 0.29) is 24.1 Å². The zero-order valence-corrected chi connectivity index (χ0v) is 26.4. The third-order valence-electron chi connectivity index (χ3n) is 8.74. The molecule has 235 valence electrons. The topological polar surface area (TPSA) is 59.6 Å². The molecule has 2 aliphatic rings. The molecule has 2 atom stereocenters. The van der Waals surface area contributed by atoms with Gasteiger partial charge in [0.1, 0.15) is 0 Å². The number of rotatable bonds is 13. The number of anilines is 2. The van der Waals surface area contributed by atoms with Crippen LogP contribution in [0.5, 0.6) is 0 Å². The molecule has 2 aliphatic heterocycles. The van der Waals surface area contributed by atoms with Crippen molar-refractivity contribution in [3.05, 3.63) is 67.6 Å². The molecule has 2 aromatic rings. The Kier molecular flexibility index (Phi) is 13.2. The standard InChI is InChI=1S/C35H52N5O3/c1-4-7-15-21-37(22-16-8-5-2)34(41)38-23-24-39(33(29-38)32(6-3)36-25-27-43-28-26-36)35(42)40(30-17-11-9-12-18-30)31-19-13-10-14-20-31/h9-14,17-20,32-33H,3-8,15-16,21-29H2,1-2H3/t32?,33-/m0/s1. The fraction of sp³-hybridized carbons (Fsp3) is 0.571. The Balaban J connectivity index is 1.63. The number of amides is 4. The zero-order valence-electron chi connectivity index (χ0n) is 26.4. The van der Waals surface area contributed by atoms with Crippen LogP contribution in [0.1, 0.15) is 58.8 Å². The Morgan fingerprint density at radius 3 is 1.88 bits per heavy atom. The fourth-order valence-corrected chi connectivity index (χ4v) is 6.34. The molecule has 0 N–H and O–H groups in total. The van der Waals surface area contributed by atoms with E-state index in [4.69, 9.17) is 4.74 Å². The second kappa shape index (κ2) is 17.3. The van der Waals surface area contributed by atoms with E-state index < -0.39 is 0 Å². The average molecular weight is 591 g/mol. The number of carbonyl (C=O) groups excluding carboxylic acids is 2. The molecule has 0 bridgehead atoms. The minimum Gasteiger partial charge on any atom is -0.379 e. The highest BCUT2D eigenvalue weighted by Crippen LogP contribution is 2.30. The number of ether oxygens (including phenoxy) is 1. The molecule has 1 unspecified atom stereocenters. The number of morpholine rings is 1. The number of nitrogens with zero attached hydrogens (tertiary/aromatic N) is 5. The van der Waals surface area contributed by atoms with Gasteiger partial charge in [0.05, 0.1) is 30.6 Å². The largest absolute Gasteiger partial charge is 0.379 e. The third kappa shape index (κ3) is 8.73. The van der Waals surface area contributed by atoms with Gasteiger partial charge in [0.15, 0.2) is 0 Å². The summed E-state index contributed by atoms with van der Waals surface area (Å²) in [6.45, 7) is 14.8. The molecule has 2 aromatic carbocycles. The van der Waals surface area contributed by atoms with Crippen LogP contribution in [0.4, 0.5) is 21.0 Å². The Morgan fingerprint density at radius 2 is 1.37 bits per heavy atom. The number of benzene rings is 2. The number of hydrogen-bond acceptors (Lipinski definition) is 4. The van der Waals surface area contributed by atoms with Crippen molar-refractivity contribution in [3.8, 4) is 0 Å². The highest BCUT2D eigenvalue weighted by Gasteiger charge is 2.42. The molecule has 0 saturated carbocycles. The van der Waals surface area contributed by atoms with E-state index in [9.17, 15) is 9.59 Å². The van der Waals surface area contributed by atoms with E-state index in [0.29, 0.717) is 39.3 Å². The smallest absolute Gasteiger partial charge is 0.329 e. The van der Waals surface area contributed by atoms with Gasteiger partial charge in [-0.1, -0.05) is 82.9 Å². The number of urea groups is 2. The summed E-state index contributed by atoms with van der Waals surface area (Å²) in [5.74, 6) is 0. The number of para-hydroxylation sites is 2. The maximum Gasteiger partial charge on any atom is 0.329 e. The lowest BCUT2D eigenvalue weighted by Gasteiger charge is -2.49. The molecule has 8 heteroatoms. The summed E-state index contributed by atoms with van der Waals surface area (Å²) >= 11 is 0. The van der Waals surface area contributed by atoms with Crippen molar-refractivity contribution in [1.29, 1.82) is 0 Å². The Morgan fingerprint density at radius 1 is 0.814 bits per heavy atom. The second-order valence-corrected chi connectivity index (χ2v) is 11.7.